The number of alkyl halides is 1. The number of hydrogen-bond acceptors (Lipinski definition) is 13. The fraction of sp³-hybridized carbons (Fsp3) is 0.571. The highest BCUT2D eigenvalue weighted by Crippen LogP contribution is 2.69. The number of ketones is 2. The summed E-state index contributed by atoms with van der Waals surface area (Å²) in [7, 11) is 0. The Morgan fingerprint density at radius 3 is 2.56 bits per heavy atom. The second-order valence-corrected chi connectivity index (χ2v) is 14.3. The minimum atomic E-state index is -2.58. The second-order valence-electron chi connectivity index (χ2n) is 14.3. The van der Waals surface area contributed by atoms with Crippen molar-refractivity contribution in [3.8, 4) is 0 Å². The number of carbonyl (C=O) groups excluding carboxylic acids is 4. The number of hydrogen-bond donors (Lipinski definition) is 5. The lowest BCUT2D eigenvalue weighted by atomic mass is 9.45. The third-order valence-electron chi connectivity index (χ3n) is 11.5. The van der Waals surface area contributed by atoms with Gasteiger partial charge in [0.1, 0.15) is 6.61 Å². The van der Waals surface area contributed by atoms with Gasteiger partial charge in [0.15, 0.2) is 29.7 Å². The van der Waals surface area contributed by atoms with Crippen LogP contribution < -0.4 is 5.32 Å². The van der Waals surface area contributed by atoms with Gasteiger partial charge in [-0.2, -0.15) is 0 Å². The quantitative estimate of drug-likeness (QED) is 0.0638. The van der Waals surface area contributed by atoms with Crippen molar-refractivity contribution in [1.29, 1.82) is 0 Å². The first kappa shape index (κ1) is 38.5. The summed E-state index contributed by atoms with van der Waals surface area (Å²) < 4.78 is 27.3. The molecule has 0 bridgehead atoms. The van der Waals surface area contributed by atoms with Gasteiger partial charge >= 0.3 is 18.0 Å². The van der Waals surface area contributed by atoms with Gasteiger partial charge < -0.3 is 40.1 Å². The predicted molar refractivity (Wildman–Crippen MR) is 174 cm³/mol. The number of aliphatic hydroxyl groups excluding tert-OH is 2. The maximum absolute atomic E-state index is 17.3. The first-order valence-corrected chi connectivity index (χ1v) is 16.8. The summed E-state index contributed by atoms with van der Waals surface area (Å²) >= 11 is 0. The number of allylic oxidation sites excluding steroid dienone is 4. The number of aliphatic carboxylic acids is 1. The number of carboxylic acid groups (broad SMARTS) is 1. The van der Waals surface area contributed by atoms with Gasteiger partial charge in [-0.1, -0.05) is 36.8 Å². The molecule has 17 heteroatoms. The molecule has 5 N–H and O–H groups in total. The highest BCUT2D eigenvalue weighted by molar-refractivity contribution is 5.94. The summed E-state index contributed by atoms with van der Waals surface area (Å²) in [6.45, 7) is 0.942. The average molecular weight is 733 g/mol. The van der Waals surface area contributed by atoms with Gasteiger partial charge in [-0.05, 0) is 68.7 Å². The highest BCUT2D eigenvalue weighted by Gasteiger charge is 2.76. The van der Waals surface area contributed by atoms with Gasteiger partial charge in [0.05, 0.1) is 24.4 Å². The number of nitrogens with one attached hydrogen (secondary N) is 1. The summed E-state index contributed by atoms with van der Waals surface area (Å²) in [6, 6.07) is 4.21. The zero-order valence-corrected chi connectivity index (χ0v) is 28.5. The molecule has 52 heavy (non-hydrogen) atoms. The lowest BCUT2D eigenvalue weighted by Crippen LogP contribution is -2.69. The molecule has 1 unspecified atom stereocenters. The molecule has 2 fully saturated rings. The van der Waals surface area contributed by atoms with Crippen molar-refractivity contribution in [1.82, 2.24) is 5.32 Å². The molecule has 1 amide bonds. The van der Waals surface area contributed by atoms with Gasteiger partial charge in [0.25, 0.3) is 5.09 Å². The number of rotatable bonds is 13. The molecule has 2 saturated carbocycles. The van der Waals surface area contributed by atoms with E-state index in [-0.39, 0.29) is 43.6 Å². The van der Waals surface area contributed by atoms with Crippen LogP contribution in [0.25, 0.3) is 0 Å². The number of Topliss-reactive ketones (excluding diaryl/α,β-unsaturated/α-hetero) is 1. The molecule has 0 saturated heterocycles. The number of halogens is 1. The van der Waals surface area contributed by atoms with Crippen LogP contribution in [0.5, 0.6) is 0 Å². The molecule has 0 radical (unpaired) electrons. The monoisotopic (exact) mass is 732 g/mol. The molecule has 0 heterocycles. The number of fused-ring (bicyclic) bond motifs is 5. The van der Waals surface area contributed by atoms with Crippen LogP contribution in [0.1, 0.15) is 61.9 Å². The standard InChI is InChI=1S/C35H41FN2O14/c1-32-11-10-22(39)14-21(32)8-9-23-24-15-26(40)35(47,33(24,2)16-27(41)34(23,32)36)28(42)18-51-31(46)37-25(29(43)44)17-50-30(45)20-7-3-5-19(13-20)6-4-12-52-38(48)49/h3,5,7-8,10-11,13,23-27,40-41,47H,4,6,9,12,14-18H2,1-2H3,(H,37,46)(H,43,44)/t23-,24-,25?,26+,27-,32-,33-,34-,35-/m0/s1. The molecule has 5 rings (SSSR count). The van der Waals surface area contributed by atoms with Crippen molar-refractivity contribution in [2.75, 3.05) is 19.8 Å². The number of carbonyl (C=O) groups is 5. The van der Waals surface area contributed by atoms with Crippen LogP contribution in [-0.2, 0) is 35.1 Å². The Morgan fingerprint density at radius 1 is 1.13 bits per heavy atom. The fourth-order valence-corrected chi connectivity index (χ4v) is 8.75. The summed E-state index contributed by atoms with van der Waals surface area (Å²) in [5.74, 6) is -5.66. The number of nitrogens with zero attached hydrogens (tertiary/aromatic N) is 1. The molecule has 1 aromatic rings. The lowest BCUT2D eigenvalue weighted by molar-refractivity contribution is -0.757. The first-order chi connectivity index (χ1) is 24.4. The minimum Gasteiger partial charge on any atom is -0.480 e. The van der Waals surface area contributed by atoms with Gasteiger partial charge in [-0.25, -0.2) is 18.8 Å². The number of amides is 1. The Hall–Kier alpha value is -4.74. The molecule has 16 nitrogen and oxygen atoms in total. The van der Waals surface area contributed by atoms with E-state index >= 15 is 4.39 Å². The van der Waals surface area contributed by atoms with E-state index in [4.69, 9.17) is 9.47 Å². The molecule has 0 spiro atoms. The molecule has 4 aliphatic rings. The van der Waals surface area contributed by atoms with Gasteiger partial charge in [0, 0.05) is 23.2 Å². The second kappa shape index (κ2) is 14.4. The van der Waals surface area contributed by atoms with Crippen LogP contribution in [0, 0.1) is 32.8 Å². The number of esters is 1. The van der Waals surface area contributed by atoms with E-state index in [1.165, 1.54) is 37.3 Å². The number of alkyl carbamates (subject to hydrolysis) is 1. The number of carboxylic acids is 1. The Morgan fingerprint density at radius 2 is 1.87 bits per heavy atom. The number of benzene rings is 1. The topological polar surface area (TPSA) is 249 Å². The van der Waals surface area contributed by atoms with Gasteiger partial charge in [0.2, 0.25) is 5.78 Å². The molecule has 9 atom stereocenters. The third kappa shape index (κ3) is 6.56. The van der Waals surface area contributed by atoms with Crippen molar-refractivity contribution in [3.63, 3.8) is 0 Å². The average Bonchev–Trinajstić information content (AvgIpc) is 3.29. The SMILES string of the molecule is C[C@]12C=CC(=O)CC1=CC[C@H]1[C@@H]3C[C@@H](O)[C@](O)(C(=O)COC(=O)NC(COC(=O)c4cccc(CCCO[N+](=O)[O-])c4)C(=O)O)[C@@]3(C)C[C@H](O)[C@@]12F. The third-order valence-corrected chi connectivity index (χ3v) is 11.5. The van der Waals surface area contributed by atoms with Crippen LogP contribution in [0.15, 0.2) is 48.1 Å². The minimum absolute atomic E-state index is 0.00315. The van der Waals surface area contributed by atoms with E-state index in [1.807, 2.05) is 5.32 Å². The van der Waals surface area contributed by atoms with E-state index in [0.29, 0.717) is 17.6 Å². The van der Waals surface area contributed by atoms with Crippen molar-refractivity contribution in [2.24, 2.45) is 22.7 Å². The van der Waals surface area contributed by atoms with Crippen molar-refractivity contribution in [2.45, 2.75) is 81.9 Å². The summed E-state index contributed by atoms with van der Waals surface area (Å²) in [4.78, 5) is 77.3. The molecule has 4 aliphatic carbocycles. The van der Waals surface area contributed by atoms with E-state index in [9.17, 15) is 54.5 Å². The zero-order valence-electron chi connectivity index (χ0n) is 28.5. The lowest BCUT2D eigenvalue weighted by Gasteiger charge is -2.61. The van der Waals surface area contributed by atoms with Crippen molar-refractivity contribution < 1.29 is 68.2 Å². The normalized spacial score (nSPS) is 33.7. The Balaban J connectivity index is 1.20. The predicted octanol–water partition coefficient (Wildman–Crippen LogP) is 1.81. The first-order valence-electron chi connectivity index (χ1n) is 16.8. The number of ether oxygens (including phenoxy) is 2. The Kier molecular flexibility index (Phi) is 10.6. The zero-order chi connectivity index (χ0) is 38.2. The smallest absolute Gasteiger partial charge is 0.408 e. The summed E-state index contributed by atoms with van der Waals surface area (Å²) in [6.07, 6.45) is -0.319. The van der Waals surface area contributed by atoms with Gasteiger partial charge in [-0.3, -0.25) is 9.59 Å². The van der Waals surface area contributed by atoms with Crippen molar-refractivity contribution >= 4 is 29.6 Å². The number of aliphatic hydroxyl groups is 3. The summed E-state index contributed by atoms with van der Waals surface area (Å²) in [5, 5.41) is 55.3. The van der Waals surface area contributed by atoms with E-state index in [2.05, 4.69) is 4.84 Å². The molecule has 0 aliphatic heterocycles. The molecule has 1 aromatic carbocycles. The van der Waals surface area contributed by atoms with Crippen LogP contribution in [0.4, 0.5) is 9.18 Å². The van der Waals surface area contributed by atoms with Crippen LogP contribution in [-0.4, -0.2) is 104 Å². The maximum atomic E-state index is 17.3. The largest absolute Gasteiger partial charge is 0.480 e. The van der Waals surface area contributed by atoms with E-state index in [1.54, 1.807) is 19.1 Å². The molecular weight excluding hydrogens is 691 g/mol. The van der Waals surface area contributed by atoms with E-state index < -0.39 is 101 Å². The van der Waals surface area contributed by atoms with E-state index in [0.717, 1.165) is 0 Å². The molecular formula is C35H41FN2O14. The molecule has 282 valence electrons. The van der Waals surface area contributed by atoms with Gasteiger partial charge in [-0.15, -0.1) is 10.1 Å². The Labute approximate surface area is 296 Å². The van der Waals surface area contributed by atoms with Crippen LogP contribution in [0.2, 0.25) is 0 Å². The molecule has 0 aromatic heterocycles. The fourth-order valence-electron chi connectivity index (χ4n) is 8.75. The maximum Gasteiger partial charge on any atom is 0.408 e. The van der Waals surface area contributed by atoms with Crippen LogP contribution in [0.3, 0.4) is 0 Å². The number of aryl methyl sites for hydroxylation is 1. The van der Waals surface area contributed by atoms with Crippen molar-refractivity contribution in [3.05, 3.63) is 69.3 Å². The Bertz CT molecular complexity index is 1720. The summed E-state index contributed by atoms with van der Waals surface area (Å²) in [5.41, 5.74) is -6.57. The highest BCUT2D eigenvalue weighted by atomic mass is 19.1. The van der Waals surface area contributed by atoms with Crippen LogP contribution >= 0.6 is 0 Å².